The van der Waals surface area contributed by atoms with Crippen molar-refractivity contribution in [3.8, 4) is 0 Å². The van der Waals surface area contributed by atoms with Gasteiger partial charge in [-0.05, 0) is 64.4 Å². The predicted molar refractivity (Wildman–Crippen MR) is 110 cm³/mol. The quantitative estimate of drug-likeness (QED) is 0.817. The van der Waals surface area contributed by atoms with Crippen molar-refractivity contribution in [3.05, 3.63) is 35.2 Å². The predicted octanol–water partition coefficient (Wildman–Crippen LogP) is 2.96. The molecule has 0 spiro atoms. The summed E-state index contributed by atoms with van der Waals surface area (Å²) < 4.78 is 6.06. The fraction of sp³-hybridized carbons (Fsp3) is 0.591. The normalized spacial score (nSPS) is 21.6. The number of amides is 1. The number of likely N-dealkylation sites (tertiary alicyclic amines) is 1. The summed E-state index contributed by atoms with van der Waals surface area (Å²) in [6.45, 7) is 9.26. The standard InChI is InChI=1S/C22H30N4O2/c1-16-17(2)24-21-13-18(7-8-20(21)23-16)22(27)26-11-6-12-28-19(15-26)14-25-9-4-3-5-10-25/h7-8,13,19H,3-6,9-12,14-15H2,1-2H3. The van der Waals surface area contributed by atoms with E-state index >= 15 is 0 Å². The van der Waals surface area contributed by atoms with E-state index in [1.807, 2.05) is 36.9 Å². The lowest BCUT2D eigenvalue weighted by molar-refractivity contribution is 0.0216. The fourth-order valence-corrected chi connectivity index (χ4v) is 4.17. The number of hydrogen-bond acceptors (Lipinski definition) is 5. The van der Waals surface area contributed by atoms with Gasteiger partial charge in [0.15, 0.2) is 0 Å². The van der Waals surface area contributed by atoms with Gasteiger partial charge in [-0.15, -0.1) is 0 Å². The topological polar surface area (TPSA) is 58.6 Å². The second-order valence-corrected chi connectivity index (χ2v) is 8.06. The third kappa shape index (κ3) is 4.33. The van der Waals surface area contributed by atoms with E-state index in [4.69, 9.17) is 4.74 Å². The van der Waals surface area contributed by atoms with Gasteiger partial charge < -0.3 is 14.5 Å². The number of rotatable bonds is 3. The molecular weight excluding hydrogens is 352 g/mol. The smallest absolute Gasteiger partial charge is 0.254 e. The van der Waals surface area contributed by atoms with Gasteiger partial charge in [0.25, 0.3) is 5.91 Å². The van der Waals surface area contributed by atoms with Gasteiger partial charge in [-0.3, -0.25) is 4.79 Å². The molecule has 3 heterocycles. The number of benzene rings is 1. The molecular formula is C22H30N4O2. The van der Waals surface area contributed by atoms with Crippen molar-refractivity contribution in [1.29, 1.82) is 0 Å². The molecule has 6 heteroatoms. The number of nitrogens with zero attached hydrogens (tertiary/aromatic N) is 4. The third-order valence-electron chi connectivity index (χ3n) is 5.87. The Labute approximate surface area is 166 Å². The highest BCUT2D eigenvalue weighted by Crippen LogP contribution is 2.18. The molecule has 0 radical (unpaired) electrons. The minimum Gasteiger partial charge on any atom is -0.375 e. The van der Waals surface area contributed by atoms with Crippen LogP contribution < -0.4 is 0 Å². The van der Waals surface area contributed by atoms with Crippen molar-refractivity contribution >= 4 is 16.9 Å². The Morgan fingerprint density at radius 2 is 1.79 bits per heavy atom. The Hall–Kier alpha value is -2.05. The summed E-state index contributed by atoms with van der Waals surface area (Å²) >= 11 is 0. The van der Waals surface area contributed by atoms with Gasteiger partial charge in [-0.2, -0.15) is 0 Å². The van der Waals surface area contributed by atoms with E-state index in [9.17, 15) is 4.79 Å². The van der Waals surface area contributed by atoms with Crippen LogP contribution in [0.1, 0.15) is 47.4 Å². The van der Waals surface area contributed by atoms with Crippen molar-refractivity contribution in [2.24, 2.45) is 0 Å². The zero-order valence-corrected chi connectivity index (χ0v) is 17.0. The van der Waals surface area contributed by atoms with Gasteiger partial charge in [-0.25, -0.2) is 9.97 Å². The summed E-state index contributed by atoms with van der Waals surface area (Å²) in [7, 11) is 0. The molecule has 6 nitrogen and oxygen atoms in total. The highest BCUT2D eigenvalue weighted by Gasteiger charge is 2.26. The molecule has 2 saturated heterocycles. The van der Waals surface area contributed by atoms with Gasteiger partial charge in [-0.1, -0.05) is 6.42 Å². The molecule has 0 N–H and O–H groups in total. The summed E-state index contributed by atoms with van der Waals surface area (Å²) in [6.07, 6.45) is 4.85. The molecule has 0 saturated carbocycles. The molecule has 1 aromatic carbocycles. The molecule has 2 aliphatic heterocycles. The number of carbonyl (C=O) groups excluding carboxylic acids is 1. The van der Waals surface area contributed by atoms with Crippen LogP contribution in [0.15, 0.2) is 18.2 Å². The third-order valence-corrected chi connectivity index (χ3v) is 5.87. The highest BCUT2D eigenvalue weighted by atomic mass is 16.5. The number of fused-ring (bicyclic) bond motifs is 1. The molecule has 1 atom stereocenters. The lowest BCUT2D eigenvalue weighted by Gasteiger charge is -2.31. The van der Waals surface area contributed by atoms with Gasteiger partial charge >= 0.3 is 0 Å². The SMILES string of the molecule is Cc1nc2ccc(C(=O)N3CCCOC(CN4CCCCC4)C3)cc2nc1C. The molecule has 4 rings (SSSR count). The van der Waals surface area contributed by atoms with Gasteiger partial charge in [0.2, 0.25) is 0 Å². The number of carbonyl (C=O) groups is 1. The van der Waals surface area contributed by atoms with Gasteiger partial charge in [0.1, 0.15) is 0 Å². The summed E-state index contributed by atoms with van der Waals surface area (Å²) in [5, 5.41) is 0. The average molecular weight is 383 g/mol. The highest BCUT2D eigenvalue weighted by molar-refractivity contribution is 5.97. The Balaban J connectivity index is 1.49. The fourth-order valence-electron chi connectivity index (χ4n) is 4.17. The first-order valence-corrected chi connectivity index (χ1v) is 10.5. The first-order valence-electron chi connectivity index (χ1n) is 10.5. The Morgan fingerprint density at radius 3 is 2.57 bits per heavy atom. The zero-order chi connectivity index (χ0) is 19.5. The van der Waals surface area contributed by atoms with Crippen molar-refractivity contribution in [2.75, 3.05) is 39.3 Å². The number of aromatic nitrogens is 2. The van der Waals surface area contributed by atoms with E-state index in [2.05, 4.69) is 14.9 Å². The molecule has 2 fully saturated rings. The van der Waals surface area contributed by atoms with Crippen molar-refractivity contribution in [3.63, 3.8) is 0 Å². The molecule has 1 aromatic heterocycles. The van der Waals surface area contributed by atoms with Crippen LogP contribution >= 0.6 is 0 Å². The number of hydrogen-bond donors (Lipinski definition) is 0. The minimum absolute atomic E-state index is 0.0658. The minimum atomic E-state index is 0.0658. The Morgan fingerprint density at radius 1 is 1.04 bits per heavy atom. The maximum atomic E-state index is 13.2. The average Bonchev–Trinajstić information content (AvgIpc) is 2.94. The Kier molecular flexibility index (Phi) is 5.87. The molecule has 0 aliphatic carbocycles. The van der Waals surface area contributed by atoms with Gasteiger partial charge in [0, 0.05) is 31.8 Å². The summed E-state index contributed by atoms with van der Waals surface area (Å²) in [5.74, 6) is 0.0658. The summed E-state index contributed by atoms with van der Waals surface area (Å²) in [6, 6.07) is 5.66. The first kappa shape index (κ1) is 19.3. The number of ether oxygens (including phenoxy) is 1. The van der Waals surface area contributed by atoms with Crippen molar-refractivity contribution in [1.82, 2.24) is 19.8 Å². The molecule has 1 amide bonds. The molecule has 1 unspecified atom stereocenters. The number of piperidine rings is 1. The zero-order valence-electron chi connectivity index (χ0n) is 17.0. The van der Waals surface area contributed by atoms with Crippen molar-refractivity contribution in [2.45, 2.75) is 45.6 Å². The maximum Gasteiger partial charge on any atom is 0.254 e. The van der Waals surface area contributed by atoms with Crippen LogP contribution in [0.5, 0.6) is 0 Å². The molecule has 28 heavy (non-hydrogen) atoms. The van der Waals surface area contributed by atoms with Crippen LogP contribution in [0.25, 0.3) is 11.0 Å². The molecule has 150 valence electrons. The van der Waals surface area contributed by atoms with E-state index < -0.39 is 0 Å². The van der Waals surface area contributed by atoms with Crippen LogP contribution in [0.4, 0.5) is 0 Å². The maximum absolute atomic E-state index is 13.2. The second kappa shape index (κ2) is 8.53. The van der Waals surface area contributed by atoms with Gasteiger partial charge in [0.05, 0.1) is 28.5 Å². The van der Waals surface area contributed by atoms with Crippen LogP contribution in [-0.2, 0) is 4.74 Å². The van der Waals surface area contributed by atoms with E-state index in [1.165, 1.54) is 19.3 Å². The van der Waals surface area contributed by atoms with Crippen LogP contribution in [-0.4, -0.2) is 71.1 Å². The summed E-state index contributed by atoms with van der Waals surface area (Å²) in [4.78, 5) is 26.8. The molecule has 2 aromatic rings. The Bertz CT molecular complexity index is 848. The molecule has 2 aliphatic rings. The summed E-state index contributed by atoms with van der Waals surface area (Å²) in [5.41, 5.74) is 4.13. The second-order valence-electron chi connectivity index (χ2n) is 8.06. The van der Waals surface area contributed by atoms with Crippen LogP contribution in [0.2, 0.25) is 0 Å². The van der Waals surface area contributed by atoms with Crippen LogP contribution in [0.3, 0.4) is 0 Å². The van der Waals surface area contributed by atoms with E-state index in [1.54, 1.807) is 0 Å². The van der Waals surface area contributed by atoms with E-state index in [0.29, 0.717) is 12.1 Å². The molecule has 0 bridgehead atoms. The van der Waals surface area contributed by atoms with Crippen molar-refractivity contribution < 1.29 is 9.53 Å². The van der Waals surface area contributed by atoms with Crippen LogP contribution in [0, 0.1) is 13.8 Å². The lowest BCUT2D eigenvalue weighted by Crippen LogP contribution is -2.43. The first-order chi connectivity index (χ1) is 13.6. The number of aryl methyl sites for hydroxylation is 2. The monoisotopic (exact) mass is 382 g/mol. The largest absolute Gasteiger partial charge is 0.375 e. The van der Waals surface area contributed by atoms with E-state index in [0.717, 1.165) is 61.6 Å². The lowest BCUT2D eigenvalue weighted by atomic mass is 10.1. The van der Waals surface area contributed by atoms with E-state index in [-0.39, 0.29) is 12.0 Å².